The molecule has 0 amide bonds. The SMILES string of the molecule is CS(=O)(=O)OCCOCCOCCOCCOCCC(=O)O. The molecule has 10 heteroatoms. The molecule has 0 atom stereocenters. The summed E-state index contributed by atoms with van der Waals surface area (Å²) in [7, 11) is -3.41. The van der Waals surface area contributed by atoms with Crippen LogP contribution in [0, 0.1) is 0 Å². The molecule has 0 aliphatic carbocycles. The highest BCUT2D eigenvalue weighted by atomic mass is 32.2. The number of ether oxygens (including phenoxy) is 4. The van der Waals surface area contributed by atoms with Gasteiger partial charge in [0.1, 0.15) is 0 Å². The lowest BCUT2D eigenvalue weighted by molar-refractivity contribution is -0.138. The first-order chi connectivity index (χ1) is 10.4. The first-order valence-electron chi connectivity index (χ1n) is 6.79. The molecule has 0 unspecified atom stereocenters. The molecule has 1 N–H and O–H groups in total. The van der Waals surface area contributed by atoms with Crippen LogP contribution < -0.4 is 0 Å². The third-order valence-corrected chi connectivity index (χ3v) is 2.70. The van der Waals surface area contributed by atoms with E-state index < -0.39 is 16.1 Å². The van der Waals surface area contributed by atoms with Gasteiger partial charge in [0, 0.05) is 0 Å². The summed E-state index contributed by atoms with van der Waals surface area (Å²) in [4.78, 5) is 10.2. The van der Waals surface area contributed by atoms with Crippen LogP contribution >= 0.6 is 0 Å². The molecule has 132 valence electrons. The lowest BCUT2D eigenvalue weighted by atomic mass is 10.5. The number of carboxylic acid groups (broad SMARTS) is 1. The van der Waals surface area contributed by atoms with E-state index in [1.54, 1.807) is 0 Å². The Labute approximate surface area is 130 Å². The molecule has 0 heterocycles. The van der Waals surface area contributed by atoms with Crippen LogP contribution in [0.3, 0.4) is 0 Å². The predicted molar refractivity (Wildman–Crippen MR) is 76.3 cm³/mol. The van der Waals surface area contributed by atoms with Gasteiger partial charge in [-0.05, 0) is 0 Å². The molecule has 9 nitrogen and oxygen atoms in total. The lowest BCUT2D eigenvalue weighted by Crippen LogP contribution is -2.14. The van der Waals surface area contributed by atoms with Gasteiger partial charge in [-0.15, -0.1) is 0 Å². The molecule has 0 aliphatic rings. The Balaban J connectivity index is 3.07. The summed E-state index contributed by atoms with van der Waals surface area (Å²) >= 11 is 0. The van der Waals surface area contributed by atoms with E-state index in [1.807, 2.05) is 0 Å². The van der Waals surface area contributed by atoms with Gasteiger partial charge in [-0.25, -0.2) is 0 Å². The molecular weight excluding hydrogens is 320 g/mol. The quantitative estimate of drug-likeness (QED) is 0.292. The molecule has 0 fully saturated rings. The van der Waals surface area contributed by atoms with Crippen molar-refractivity contribution in [1.29, 1.82) is 0 Å². The smallest absolute Gasteiger partial charge is 0.305 e. The van der Waals surface area contributed by atoms with Crippen molar-refractivity contribution in [3.8, 4) is 0 Å². The molecule has 0 saturated heterocycles. The summed E-state index contributed by atoms with van der Waals surface area (Å²) in [5, 5.41) is 8.37. The largest absolute Gasteiger partial charge is 0.481 e. The van der Waals surface area contributed by atoms with Crippen molar-refractivity contribution >= 4 is 16.1 Å². The summed E-state index contributed by atoms with van der Waals surface area (Å²) in [6, 6.07) is 0. The van der Waals surface area contributed by atoms with Crippen LogP contribution in [0.5, 0.6) is 0 Å². The van der Waals surface area contributed by atoms with Crippen LogP contribution in [-0.2, 0) is 38.0 Å². The minimum absolute atomic E-state index is 0.0101. The second kappa shape index (κ2) is 13.9. The van der Waals surface area contributed by atoms with Gasteiger partial charge in [-0.1, -0.05) is 0 Å². The van der Waals surface area contributed by atoms with E-state index in [0.29, 0.717) is 39.6 Å². The molecule has 0 radical (unpaired) electrons. The van der Waals surface area contributed by atoms with Gasteiger partial charge < -0.3 is 24.1 Å². The molecular formula is C12H24O9S. The van der Waals surface area contributed by atoms with Crippen molar-refractivity contribution in [2.45, 2.75) is 6.42 Å². The fraction of sp³-hybridized carbons (Fsp3) is 0.917. The van der Waals surface area contributed by atoms with E-state index >= 15 is 0 Å². The highest BCUT2D eigenvalue weighted by molar-refractivity contribution is 7.85. The Kier molecular flexibility index (Phi) is 13.4. The van der Waals surface area contributed by atoms with Crippen LogP contribution in [-0.4, -0.2) is 85.2 Å². The molecule has 0 aliphatic heterocycles. The summed E-state index contributed by atoms with van der Waals surface area (Å²) in [6.45, 7) is 2.58. The highest BCUT2D eigenvalue weighted by Gasteiger charge is 2.00. The van der Waals surface area contributed by atoms with Crippen LogP contribution in [0.1, 0.15) is 6.42 Å². The van der Waals surface area contributed by atoms with Gasteiger partial charge in [-0.3, -0.25) is 8.98 Å². The van der Waals surface area contributed by atoms with Crippen molar-refractivity contribution in [1.82, 2.24) is 0 Å². The fourth-order valence-corrected chi connectivity index (χ4v) is 1.54. The van der Waals surface area contributed by atoms with Crippen LogP contribution in [0.2, 0.25) is 0 Å². The molecule has 0 aromatic rings. The summed E-state index contributed by atoms with van der Waals surface area (Å²) < 4.78 is 46.3. The molecule has 0 saturated carbocycles. The topological polar surface area (TPSA) is 118 Å². The fourth-order valence-electron chi connectivity index (χ4n) is 1.17. The zero-order valence-corrected chi connectivity index (χ0v) is 13.5. The average Bonchev–Trinajstić information content (AvgIpc) is 2.41. The predicted octanol–water partition coefficient (Wildman–Crippen LogP) is -0.496. The van der Waals surface area contributed by atoms with Crippen LogP contribution in [0.4, 0.5) is 0 Å². The zero-order chi connectivity index (χ0) is 16.7. The number of carboxylic acids is 1. The van der Waals surface area contributed by atoms with E-state index in [4.69, 9.17) is 24.1 Å². The minimum Gasteiger partial charge on any atom is -0.481 e. The van der Waals surface area contributed by atoms with Crippen molar-refractivity contribution < 1.29 is 41.4 Å². The number of hydrogen-bond donors (Lipinski definition) is 1. The second-order valence-corrected chi connectivity index (χ2v) is 5.76. The Morgan fingerprint density at radius 2 is 1.14 bits per heavy atom. The molecule has 0 aromatic heterocycles. The molecule has 0 aromatic carbocycles. The van der Waals surface area contributed by atoms with Gasteiger partial charge in [0.05, 0.1) is 72.1 Å². The van der Waals surface area contributed by atoms with Crippen molar-refractivity contribution in [3.63, 3.8) is 0 Å². The van der Waals surface area contributed by atoms with Gasteiger partial charge in [0.25, 0.3) is 10.1 Å². The van der Waals surface area contributed by atoms with Gasteiger partial charge >= 0.3 is 5.97 Å². The minimum atomic E-state index is -3.41. The van der Waals surface area contributed by atoms with E-state index in [9.17, 15) is 13.2 Å². The Morgan fingerprint density at radius 3 is 1.50 bits per heavy atom. The molecule has 0 rings (SSSR count). The average molecular weight is 344 g/mol. The van der Waals surface area contributed by atoms with E-state index in [2.05, 4.69) is 4.18 Å². The monoisotopic (exact) mass is 344 g/mol. The summed E-state index contributed by atoms with van der Waals surface area (Å²) in [6.07, 6.45) is 0.964. The first-order valence-corrected chi connectivity index (χ1v) is 8.60. The van der Waals surface area contributed by atoms with E-state index in [-0.39, 0.29) is 26.2 Å². The maximum absolute atomic E-state index is 10.6. The van der Waals surface area contributed by atoms with Crippen LogP contribution in [0.25, 0.3) is 0 Å². The van der Waals surface area contributed by atoms with Crippen molar-refractivity contribution in [3.05, 3.63) is 0 Å². The lowest BCUT2D eigenvalue weighted by Gasteiger charge is -2.07. The third kappa shape index (κ3) is 19.2. The molecule has 0 spiro atoms. The van der Waals surface area contributed by atoms with Gasteiger partial charge in [0.2, 0.25) is 0 Å². The highest BCUT2D eigenvalue weighted by Crippen LogP contribution is 1.88. The number of rotatable bonds is 16. The van der Waals surface area contributed by atoms with Gasteiger partial charge in [-0.2, -0.15) is 8.42 Å². The number of aliphatic carboxylic acids is 1. The van der Waals surface area contributed by atoms with Crippen molar-refractivity contribution in [2.75, 3.05) is 65.7 Å². The van der Waals surface area contributed by atoms with Crippen molar-refractivity contribution in [2.24, 2.45) is 0 Å². The normalized spacial score (nSPS) is 11.7. The number of carbonyl (C=O) groups is 1. The van der Waals surface area contributed by atoms with E-state index in [0.717, 1.165) is 6.26 Å². The summed E-state index contributed by atoms with van der Waals surface area (Å²) in [5.41, 5.74) is 0. The Morgan fingerprint density at radius 1 is 0.773 bits per heavy atom. The Bertz CT molecular complexity index is 369. The molecule has 0 bridgehead atoms. The number of hydrogen-bond acceptors (Lipinski definition) is 8. The first kappa shape index (κ1) is 21.2. The summed E-state index contributed by atoms with van der Waals surface area (Å²) in [5.74, 6) is -0.889. The Hall–Kier alpha value is -0.780. The second-order valence-electron chi connectivity index (χ2n) is 4.12. The molecule has 22 heavy (non-hydrogen) atoms. The maximum Gasteiger partial charge on any atom is 0.305 e. The zero-order valence-electron chi connectivity index (χ0n) is 12.7. The third-order valence-electron chi connectivity index (χ3n) is 2.10. The van der Waals surface area contributed by atoms with Crippen LogP contribution in [0.15, 0.2) is 0 Å². The van der Waals surface area contributed by atoms with E-state index in [1.165, 1.54) is 0 Å². The van der Waals surface area contributed by atoms with Gasteiger partial charge in [0.15, 0.2) is 0 Å². The maximum atomic E-state index is 10.6. The standard InChI is InChI=1S/C12H24O9S/c1-22(15,16)21-11-10-20-9-8-19-7-6-18-5-4-17-3-2-12(13)14/h2-11H2,1H3,(H,13,14).